The summed E-state index contributed by atoms with van der Waals surface area (Å²) in [6, 6.07) is 12.2. The van der Waals surface area contributed by atoms with Gasteiger partial charge in [0.05, 0.1) is 22.2 Å². The van der Waals surface area contributed by atoms with Gasteiger partial charge in [-0.3, -0.25) is 13.9 Å². The van der Waals surface area contributed by atoms with Crippen LogP contribution in [-0.2, 0) is 20.3 Å². The van der Waals surface area contributed by atoms with Crippen molar-refractivity contribution in [2.24, 2.45) is 14.1 Å². The third kappa shape index (κ3) is 3.04. The van der Waals surface area contributed by atoms with E-state index in [0.29, 0.717) is 16.8 Å². The number of nitrogens with zero attached hydrogens (tertiary/aromatic N) is 3. The molecule has 154 valence electrons. The third-order valence-corrected chi connectivity index (χ3v) is 5.18. The molecule has 0 amide bonds. The predicted molar refractivity (Wildman–Crippen MR) is 109 cm³/mol. The molecule has 0 saturated carbocycles. The van der Waals surface area contributed by atoms with Gasteiger partial charge in [-0.2, -0.15) is 13.2 Å². The molecule has 30 heavy (non-hydrogen) atoms. The van der Waals surface area contributed by atoms with Crippen molar-refractivity contribution >= 4 is 10.9 Å². The summed E-state index contributed by atoms with van der Waals surface area (Å²) >= 11 is 0. The van der Waals surface area contributed by atoms with Crippen molar-refractivity contribution in [3.63, 3.8) is 0 Å². The van der Waals surface area contributed by atoms with Crippen LogP contribution in [-0.4, -0.2) is 13.7 Å². The first kappa shape index (κ1) is 19.8. The van der Waals surface area contributed by atoms with E-state index in [1.807, 2.05) is 25.1 Å². The van der Waals surface area contributed by atoms with Gasteiger partial charge in [0, 0.05) is 26.0 Å². The Morgan fingerprint density at radius 2 is 1.60 bits per heavy atom. The summed E-state index contributed by atoms with van der Waals surface area (Å²) in [4.78, 5) is 25.4. The molecule has 2 heterocycles. The molecule has 0 unspecified atom stereocenters. The lowest BCUT2D eigenvalue weighted by Crippen LogP contribution is -2.36. The van der Waals surface area contributed by atoms with Gasteiger partial charge in [0.1, 0.15) is 0 Å². The zero-order chi connectivity index (χ0) is 21.8. The summed E-state index contributed by atoms with van der Waals surface area (Å²) in [5, 5.41) is 0.266. The molecule has 5 nitrogen and oxygen atoms in total. The number of alkyl halides is 3. The Kier molecular flexibility index (Phi) is 4.45. The number of hydrogen-bond donors (Lipinski definition) is 0. The summed E-state index contributed by atoms with van der Waals surface area (Å²) in [7, 11) is 2.91. The van der Waals surface area contributed by atoms with E-state index < -0.39 is 23.0 Å². The van der Waals surface area contributed by atoms with Gasteiger partial charge < -0.3 is 4.57 Å². The maximum Gasteiger partial charge on any atom is 0.416 e. The van der Waals surface area contributed by atoms with Crippen LogP contribution in [0.5, 0.6) is 0 Å². The molecule has 4 rings (SSSR count). The first-order chi connectivity index (χ1) is 14.1. The smallest absolute Gasteiger partial charge is 0.314 e. The molecule has 0 aliphatic rings. The molecular formula is C22H18F3N3O2. The van der Waals surface area contributed by atoms with Crippen LogP contribution in [0.2, 0.25) is 0 Å². The van der Waals surface area contributed by atoms with E-state index in [0.717, 1.165) is 22.3 Å². The van der Waals surface area contributed by atoms with Crippen LogP contribution < -0.4 is 11.2 Å². The van der Waals surface area contributed by atoms with Crippen LogP contribution in [0, 0.1) is 6.92 Å². The molecule has 0 saturated heterocycles. The van der Waals surface area contributed by atoms with Gasteiger partial charge in [0.2, 0.25) is 0 Å². The number of benzene rings is 2. The lowest BCUT2D eigenvalue weighted by molar-refractivity contribution is -0.137. The van der Waals surface area contributed by atoms with E-state index >= 15 is 0 Å². The molecule has 0 aliphatic heterocycles. The van der Waals surface area contributed by atoms with Crippen molar-refractivity contribution in [2.45, 2.75) is 13.1 Å². The number of halogens is 3. The second kappa shape index (κ2) is 6.76. The average Bonchev–Trinajstić information content (AvgIpc) is 3.11. The maximum absolute atomic E-state index is 13.3. The van der Waals surface area contributed by atoms with E-state index in [4.69, 9.17) is 0 Å². The van der Waals surface area contributed by atoms with E-state index in [1.54, 1.807) is 6.07 Å². The van der Waals surface area contributed by atoms with Crippen LogP contribution in [0.3, 0.4) is 0 Å². The number of aromatic nitrogens is 3. The number of aryl methyl sites for hydroxylation is 2. The Labute approximate surface area is 169 Å². The second-order valence-electron chi connectivity index (χ2n) is 7.23. The molecular weight excluding hydrogens is 395 g/mol. The fourth-order valence-corrected chi connectivity index (χ4v) is 3.65. The molecule has 4 aromatic rings. The van der Waals surface area contributed by atoms with Gasteiger partial charge in [0.25, 0.3) is 5.56 Å². The molecule has 0 bridgehead atoms. The number of hydrogen-bond acceptors (Lipinski definition) is 2. The zero-order valence-electron chi connectivity index (χ0n) is 16.5. The molecule has 2 aromatic carbocycles. The Bertz CT molecular complexity index is 1410. The molecule has 0 atom stereocenters. The van der Waals surface area contributed by atoms with Gasteiger partial charge in [-0.05, 0) is 36.8 Å². The van der Waals surface area contributed by atoms with Crippen molar-refractivity contribution in [1.29, 1.82) is 0 Å². The SMILES string of the molecule is Cc1cccc(-c2c3c(=O)n(C)c(=O)n(C)c3cn2-c2cccc(C(F)(F)F)c2)c1. The fourth-order valence-electron chi connectivity index (χ4n) is 3.65. The lowest BCUT2D eigenvalue weighted by atomic mass is 10.1. The van der Waals surface area contributed by atoms with E-state index in [-0.39, 0.29) is 11.1 Å². The second-order valence-corrected chi connectivity index (χ2v) is 7.23. The lowest BCUT2D eigenvalue weighted by Gasteiger charge is -2.13. The first-order valence-corrected chi connectivity index (χ1v) is 9.15. The Balaban J connectivity index is 2.17. The van der Waals surface area contributed by atoms with Gasteiger partial charge in [0.15, 0.2) is 0 Å². The average molecular weight is 413 g/mol. The minimum Gasteiger partial charge on any atom is -0.314 e. The summed E-state index contributed by atoms with van der Waals surface area (Å²) in [5.74, 6) is 0. The van der Waals surface area contributed by atoms with Gasteiger partial charge in [-0.1, -0.05) is 29.8 Å². The molecule has 0 N–H and O–H groups in total. The Hall–Kier alpha value is -3.55. The van der Waals surface area contributed by atoms with Crippen molar-refractivity contribution in [2.75, 3.05) is 0 Å². The summed E-state index contributed by atoms with van der Waals surface area (Å²) in [6.07, 6.45) is -2.97. The Morgan fingerprint density at radius 3 is 2.27 bits per heavy atom. The van der Waals surface area contributed by atoms with Crippen molar-refractivity contribution < 1.29 is 13.2 Å². The molecule has 0 aliphatic carbocycles. The standard InChI is InChI=1S/C22H18F3N3O2/c1-13-6-4-7-14(10-13)19-18-17(26(2)21(30)27(3)20(18)29)12-28(19)16-9-5-8-15(11-16)22(23,24)25/h4-12H,1-3H3. The maximum atomic E-state index is 13.3. The van der Waals surface area contributed by atoms with Crippen LogP contribution in [0.15, 0.2) is 64.3 Å². The van der Waals surface area contributed by atoms with Gasteiger partial charge >= 0.3 is 11.9 Å². The predicted octanol–water partition coefficient (Wildman–Crippen LogP) is 4.02. The van der Waals surface area contributed by atoms with Crippen LogP contribution in [0.4, 0.5) is 13.2 Å². The van der Waals surface area contributed by atoms with Crippen LogP contribution in [0.1, 0.15) is 11.1 Å². The van der Waals surface area contributed by atoms with Crippen LogP contribution >= 0.6 is 0 Å². The highest BCUT2D eigenvalue weighted by Crippen LogP contribution is 2.34. The summed E-state index contributed by atoms with van der Waals surface area (Å²) in [6.45, 7) is 1.89. The number of rotatable bonds is 2. The highest BCUT2D eigenvalue weighted by Gasteiger charge is 2.31. The monoisotopic (exact) mass is 413 g/mol. The van der Waals surface area contributed by atoms with E-state index in [2.05, 4.69) is 0 Å². The van der Waals surface area contributed by atoms with Crippen LogP contribution in [0.25, 0.3) is 27.8 Å². The minimum absolute atomic E-state index is 0.243. The van der Waals surface area contributed by atoms with Crippen molar-refractivity contribution in [1.82, 2.24) is 13.7 Å². The van der Waals surface area contributed by atoms with Crippen molar-refractivity contribution in [3.8, 4) is 16.9 Å². The zero-order valence-corrected chi connectivity index (χ0v) is 16.5. The minimum atomic E-state index is -4.50. The van der Waals surface area contributed by atoms with Gasteiger partial charge in [-0.15, -0.1) is 0 Å². The third-order valence-electron chi connectivity index (χ3n) is 5.18. The molecule has 0 radical (unpaired) electrons. The van der Waals surface area contributed by atoms with E-state index in [9.17, 15) is 22.8 Å². The quantitative estimate of drug-likeness (QED) is 0.498. The molecule has 2 aromatic heterocycles. The molecule has 8 heteroatoms. The number of fused-ring (bicyclic) bond motifs is 1. The fraction of sp³-hybridized carbons (Fsp3) is 0.182. The summed E-state index contributed by atoms with van der Waals surface area (Å²) in [5.41, 5.74) is 0.806. The Morgan fingerprint density at radius 1 is 0.900 bits per heavy atom. The highest BCUT2D eigenvalue weighted by molar-refractivity contribution is 5.94. The normalized spacial score (nSPS) is 11.9. The largest absolute Gasteiger partial charge is 0.416 e. The summed E-state index contributed by atoms with van der Waals surface area (Å²) < 4.78 is 43.7. The van der Waals surface area contributed by atoms with Crippen molar-refractivity contribution in [3.05, 3.63) is 86.7 Å². The van der Waals surface area contributed by atoms with E-state index in [1.165, 1.54) is 41.6 Å². The topological polar surface area (TPSA) is 48.9 Å². The molecule has 0 fully saturated rings. The van der Waals surface area contributed by atoms with Gasteiger partial charge in [-0.25, -0.2) is 4.79 Å². The highest BCUT2D eigenvalue weighted by atomic mass is 19.4. The molecule has 0 spiro atoms. The first-order valence-electron chi connectivity index (χ1n) is 9.15.